The van der Waals surface area contributed by atoms with E-state index in [0.29, 0.717) is 30.0 Å². The predicted octanol–water partition coefficient (Wildman–Crippen LogP) is 4.07. The van der Waals surface area contributed by atoms with E-state index in [4.69, 9.17) is 9.47 Å². The molecular formula is C23H34O5. The van der Waals surface area contributed by atoms with Gasteiger partial charge in [-0.3, -0.25) is 14.4 Å². The second kappa shape index (κ2) is 6.84. The number of Topliss-reactive ketones (excluding diaryl/α,β-unsaturated/α-hetero) is 1. The monoisotopic (exact) mass is 390 g/mol. The summed E-state index contributed by atoms with van der Waals surface area (Å²) in [6.07, 6.45) is 7.21. The van der Waals surface area contributed by atoms with Crippen LogP contribution in [0.3, 0.4) is 0 Å². The van der Waals surface area contributed by atoms with Crippen LogP contribution in [-0.2, 0) is 23.9 Å². The number of carbonyl (C=O) groups is 3. The number of hydrogen-bond acceptors (Lipinski definition) is 5. The molecule has 28 heavy (non-hydrogen) atoms. The fourth-order valence-corrected chi connectivity index (χ4v) is 7.58. The van der Waals surface area contributed by atoms with Crippen LogP contribution in [0.2, 0.25) is 0 Å². The highest BCUT2D eigenvalue weighted by molar-refractivity contribution is 5.83. The Hall–Kier alpha value is -1.39. The van der Waals surface area contributed by atoms with Gasteiger partial charge in [-0.2, -0.15) is 0 Å². The fraction of sp³-hybridized carbons (Fsp3) is 0.870. The van der Waals surface area contributed by atoms with Crippen LogP contribution >= 0.6 is 0 Å². The van der Waals surface area contributed by atoms with Crippen molar-refractivity contribution in [3.8, 4) is 0 Å². The Morgan fingerprint density at radius 2 is 1.54 bits per heavy atom. The first-order chi connectivity index (χ1) is 13.1. The minimum atomic E-state index is -0.218. The first-order valence-electron chi connectivity index (χ1n) is 11.0. The van der Waals surface area contributed by atoms with Gasteiger partial charge in [-0.1, -0.05) is 13.8 Å². The number of ketones is 1. The Bertz CT molecular complexity index is 686. The molecular weight excluding hydrogens is 356 g/mol. The molecule has 0 aromatic heterocycles. The maximum atomic E-state index is 13.4. The topological polar surface area (TPSA) is 69.7 Å². The van der Waals surface area contributed by atoms with Crippen molar-refractivity contribution in [1.29, 1.82) is 0 Å². The molecule has 0 aromatic carbocycles. The Labute approximate surface area is 167 Å². The van der Waals surface area contributed by atoms with E-state index < -0.39 is 0 Å². The van der Waals surface area contributed by atoms with Crippen molar-refractivity contribution in [2.75, 3.05) is 0 Å². The zero-order valence-electron chi connectivity index (χ0n) is 17.7. The summed E-state index contributed by atoms with van der Waals surface area (Å²) in [7, 11) is 0. The molecule has 0 radical (unpaired) electrons. The lowest BCUT2D eigenvalue weighted by Crippen LogP contribution is -2.58. The maximum Gasteiger partial charge on any atom is 0.302 e. The van der Waals surface area contributed by atoms with E-state index in [-0.39, 0.29) is 40.9 Å². The quantitative estimate of drug-likeness (QED) is 0.665. The van der Waals surface area contributed by atoms with E-state index in [0.717, 1.165) is 44.9 Å². The van der Waals surface area contributed by atoms with Gasteiger partial charge in [0.15, 0.2) is 0 Å². The minimum absolute atomic E-state index is 0.0337. The van der Waals surface area contributed by atoms with Crippen LogP contribution in [0.5, 0.6) is 0 Å². The van der Waals surface area contributed by atoms with Gasteiger partial charge >= 0.3 is 11.9 Å². The molecule has 8 atom stereocenters. The number of rotatable bonds is 2. The first kappa shape index (κ1) is 19.9. The highest BCUT2D eigenvalue weighted by Crippen LogP contribution is 2.65. The van der Waals surface area contributed by atoms with Crippen molar-refractivity contribution in [2.45, 2.75) is 91.3 Å². The summed E-state index contributed by atoms with van der Waals surface area (Å²) in [5.41, 5.74) is 0.0801. The molecule has 4 rings (SSSR count). The lowest BCUT2D eigenvalue weighted by Gasteiger charge is -2.59. The van der Waals surface area contributed by atoms with Crippen LogP contribution in [0.25, 0.3) is 0 Å². The van der Waals surface area contributed by atoms with Crippen LogP contribution in [0.4, 0.5) is 0 Å². The number of ether oxygens (including phenoxy) is 2. The number of fused-ring (bicyclic) bond motifs is 5. The van der Waals surface area contributed by atoms with Gasteiger partial charge in [0.05, 0.1) is 0 Å². The molecule has 0 heterocycles. The van der Waals surface area contributed by atoms with Gasteiger partial charge in [0.25, 0.3) is 0 Å². The van der Waals surface area contributed by atoms with Crippen LogP contribution in [0.15, 0.2) is 0 Å². The van der Waals surface area contributed by atoms with Gasteiger partial charge in [-0.15, -0.1) is 0 Å². The fourth-order valence-electron chi connectivity index (χ4n) is 7.58. The molecule has 0 N–H and O–H groups in total. The molecule has 0 aromatic rings. The molecule has 156 valence electrons. The number of hydrogen-bond donors (Lipinski definition) is 0. The van der Waals surface area contributed by atoms with Crippen LogP contribution in [0.1, 0.15) is 79.1 Å². The molecule has 0 saturated heterocycles. The second-order valence-corrected chi connectivity index (χ2v) is 10.3. The molecule has 5 nitrogen and oxygen atoms in total. The SMILES string of the molecule is CC(=O)O[C@H]1CC[C@@]2(C)[C@H](CC(=O)[C@@H]3[C@H]2CC[C@]2(C)[C@@H](OC(C)=O)CC[C@H]32)C1. The van der Waals surface area contributed by atoms with Crippen molar-refractivity contribution < 1.29 is 23.9 Å². The molecule has 4 fully saturated rings. The molecule has 0 amide bonds. The van der Waals surface area contributed by atoms with E-state index in [1.165, 1.54) is 13.8 Å². The maximum absolute atomic E-state index is 13.4. The largest absolute Gasteiger partial charge is 0.463 e. The average Bonchev–Trinajstić information content (AvgIpc) is 2.92. The highest BCUT2D eigenvalue weighted by Gasteiger charge is 2.63. The van der Waals surface area contributed by atoms with E-state index in [2.05, 4.69) is 13.8 Å². The van der Waals surface area contributed by atoms with Crippen molar-refractivity contribution in [3.05, 3.63) is 0 Å². The summed E-state index contributed by atoms with van der Waals surface area (Å²) in [5, 5.41) is 0. The average molecular weight is 391 g/mol. The van der Waals surface area contributed by atoms with Crippen LogP contribution < -0.4 is 0 Å². The second-order valence-electron chi connectivity index (χ2n) is 10.3. The van der Waals surface area contributed by atoms with E-state index in [9.17, 15) is 14.4 Å². The van der Waals surface area contributed by atoms with E-state index in [1.54, 1.807) is 0 Å². The molecule has 0 aliphatic heterocycles. The van der Waals surface area contributed by atoms with E-state index in [1.807, 2.05) is 0 Å². The summed E-state index contributed by atoms with van der Waals surface area (Å²) in [6, 6.07) is 0. The molecule has 0 bridgehead atoms. The molecule has 0 spiro atoms. The molecule has 4 aliphatic carbocycles. The summed E-state index contributed by atoms with van der Waals surface area (Å²) in [5.74, 6) is 1.12. The zero-order chi connectivity index (χ0) is 20.3. The molecule has 4 saturated carbocycles. The first-order valence-corrected chi connectivity index (χ1v) is 11.0. The van der Waals surface area contributed by atoms with Gasteiger partial charge in [0.2, 0.25) is 0 Å². The Balaban J connectivity index is 1.57. The van der Waals surface area contributed by atoms with Crippen molar-refractivity contribution in [2.24, 2.45) is 34.5 Å². The van der Waals surface area contributed by atoms with Gasteiger partial charge < -0.3 is 9.47 Å². The van der Waals surface area contributed by atoms with Gasteiger partial charge in [0, 0.05) is 31.6 Å². The summed E-state index contributed by atoms with van der Waals surface area (Å²) in [6.45, 7) is 7.58. The predicted molar refractivity (Wildman–Crippen MR) is 103 cm³/mol. The minimum Gasteiger partial charge on any atom is -0.463 e. The smallest absolute Gasteiger partial charge is 0.302 e. The van der Waals surface area contributed by atoms with Crippen LogP contribution in [-0.4, -0.2) is 29.9 Å². The lowest BCUT2D eigenvalue weighted by molar-refractivity contribution is -0.173. The highest BCUT2D eigenvalue weighted by atomic mass is 16.5. The third-order valence-corrected chi connectivity index (χ3v) is 8.98. The van der Waals surface area contributed by atoms with Gasteiger partial charge in [-0.05, 0) is 68.1 Å². The molecule has 5 heteroatoms. The molecule has 4 aliphatic rings. The molecule has 0 unspecified atom stereocenters. The third-order valence-electron chi connectivity index (χ3n) is 8.98. The Kier molecular flexibility index (Phi) is 4.86. The van der Waals surface area contributed by atoms with Gasteiger partial charge in [0.1, 0.15) is 18.0 Å². The Morgan fingerprint density at radius 1 is 0.893 bits per heavy atom. The van der Waals surface area contributed by atoms with Gasteiger partial charge in [-0.25, -0.2) is 0 Å². The van der Waals surface area contributed by atoms with Crippen molar-refractivity contribution in [1.82, 2.24) is 0 Å². The number of esters is 2. The zero-order valence-corrected chi connectivity index (χ0v) is 17.7. The third kappa shape index (κ3) is 3.00. The normalized spacial score (nSPS) is 47.5. The van der Waals surface area contributed by atoms with Crippen molar-refractivity contribution in [3.63, 3.8) is 0 Å². The van der Waals surface area contributed by atoms with Crippen LogP contribution in [0, 0.1) is 34.5 Å². The summed E-state index contributed by atoms with van der Waals surface area (Å²) < 4.78 is 11.2. The summed E-state index contributed by atoms with van der Waals surface area (Å²) >= 11 is 0. The van der Waals surface area contributed by atoms with Crippen molar-refractivity contribution >= 4 is 17.7 Å². The standard InChI is InChI=1S/C23H34O5/c1-13(24)27-16-7-9-22(3)15(11-16)12-19(26)21-17-5-6-20(28-14(2)25)23(17,4)10-8-18(21)22/h15-18,20-21H,5-12H2,1-4H3/t15-,16-,17+,18+,20-,21-,22-,23-/m0/s1. The number of carbonyl (C=O) groups excluding carboxylic acids is 3. The summed E-state index contributed by atoms with van der Waals surface area (Å²) in [4.78, 5) is 36.3. The van der Waals surface area contributed by atoms with E-state index >= 15 is 0 Å². The Morgan fingerprint density at radius 3 is 2.21 bits per heavy atom. The lowest BCUT2D eigenvalue weighted by atomic mass is 9.45.